The second kappa shape index (κ2) is 34.2. The molecule has 0 radical (unpaired) electrons. The van der Waals surface area contributed by atoms with Crippen LogP contribution in [0.2, 0.25) is 0 Å². The van der Waals surface area contributed by atoms with E-state index in [9.17, 15) is 79.5 Å². The Kier molecular flexibility index (Phi) is 24.8. The van der Waals surface area contributed by atoms with Crippen molar-refractivity contribution in [3.8, 4) is 34.5 Å². The number of anilines is 2. The number of aliphatic carboxylic acids is 1. The molecule has 32 heteroatoms. The molecule has 6 aromatic carbocycles. The molecule has 598 valence electrons. The summed E-state index contributed by atoms with van der Waals surface area (Å²) in [6.07, 6.45) is -19.7. The predicted molar refractivity (Wildman–Crippen MR) is 395 cm³/mol. The molecule has 0 bridgehead atoms. The van der Waals surface area contributed by atoms with Crippen LogP contribution in [0.4, 0.5) is 21.0 Å². The van der Waals surface area contributed by atoms with Crippen LogP contribution in [0, 0.1) is 19.3 Å². The lowest BCUT2D eigenvalue weighted by atomic mass is 9.87. The molecule has 0 spiro atoms. The van der Waals surface area contributed by atoms with E-state index in [-0.39, 0.29) is 139 Å². The number of rotatable bonds is 25. The molecule has 0 aliphatic carbocycles. The molecule has 32 nitrogen and oxygen atoms in total. The quantitative estimate of drug-likeness (QED) is 0.0251. The zero-order chi connectivity index (χ0) is 80.3. The topological polar surface area (TPSA) is 428 Å². The molecule has 6 heterocycles. The van der Waals surface area contributed by atoms with E-state index in [2.05, 4.69) is 5.32 Å². The van der Waals surface area contributed by atoms with E-state index in [1.165, 1.54) is 78.6 Å². The smallest absolute Gasteiger partial charge is 0.416 e. The van der Waals surface area contributed by atoms with Gasteiger partial charge in [0.05, 0.1) is 86.4 Å². The number of Topliss-reactive ketones (excluding diaryl/α,β-unsaturated/α-hetero) is 1. The second-order valence-corrected chi connectivity index (χ2v) is 29.4. The largest absolute Gasteiger partial charge is 0.497 e. The number of nitrogens with one attached hydrogen (secondary N) is 1. The molecule has 6 aromatic rings. The summed E-state index contributed by atoms with van der Waals surface area (Å²) in [5, 5.41) is 100. The van der Waals surface area contributed by atoms with Crippen molar-refractivity contribution in [1.29, 1.82) is 0 Å². The first-order chi connectivity index (χ1) is 53.4. The van der Waals surface area contributed by atoms with Crippen LogP contribution in [-0.4, -0.2) is 238 Å². The monoisotopic (exact) mass is 1550 g/mol. The lowest BCUT2D eigenvalue weighted by Gasteiger charge is -2.38. The number of carboxylic acids is 1. The average molecular weight is 1550 g/mol. The minimum absolute atomic E-state index is 0.00574. The van der Waals surface area contributed by atoms with Crippen molar-refractivity contribution in [3.05, 3.63) is 171 Å². The van der Waals surface area contributed by atoms with Crippen molar-refractivity contribution in [3.63, 3.8) is 0 Å². The third-order valence-corrected chi connectivity index (χ3v) is 20.3. The number of amides is 5. The van der Waals surface area contributed by atoms with Gasteiger partial charge in [-0.3, -0.25) is 19.2 Å². The van der Waals surface area contributed by atoms with Crippen molar-refractivity contribution >= 4 is 58.6 Å². The summed E-state index contributed by atoms with van der Waals surface area (Å²) < 4.78 is 63.2. The zero-order valence-corrected chi connectivity index (χ0v) is 62.7. The van der Waals surface area contributed by atoms with Crippen LogP contribution >= 0.6 is 0 Å². The first kappa shape index (κ1) is 81.0. The lowest BCUT2D eigenvalue weighted by Crippen LogP contribution is -2.61. The molecule has 112 heavy (non-hydrogen) atoms. The molecule has 6 aliphatic rings. The number of nitrogens with zero attached hydrogens (tertiary/aromatic N) is 4. The molecular weight excluding hydrogens is 1460 g/mol. The predicted octanol–water partition coefficient (Wildman–Crippen LogP) is 5.46. The van der Waals surface area contributed by atoms with E-state index in [0.29, 0.717) is 33.8 Å². The third kappa shape index (κ3) is 17.3. The fraction of sp³-hybridized carbons (Fsp3) is 0.438. The van der Waals surface area contributed by atoms with Gasteiger partial charge in [-0.2, -0.15) is 0 Å². The number of carbonyl (C=O) groups is 7. The number of carboxylic acid groups (broad SMARTS) is 1. The Morgan fingerprint density at radius 2 is 1.14 bits per heavy atom. The van der Waals surface area contributed by atoms with Gasteiger partial charge in [0.1, 0.15) is 84.3 Å². The number of ketones is 1. The Bertz CT molecular complexity index is 4530. The Morgan fingerprint density at radius 3 is 1.71 bits per heavy atom. The van der Waals surface area contributed by atoms with Crippen LogP contribution in [0.1, 0.15) is 127 Å². The maximum atomic E-state index is 15.0. The minimum atomic E-state index is -2.02. The van der Waals surface area contributed by atoms with Gasteiger partial charge in [-0.05, 0) is 132 Å². The molecule has 3 fully saturated rings. The normalized spacial score (nSPS) is 24.8. The number of carbonyl (C=O) groups excluding carboxylic acids is 6. The van der Waals surface area contributed by atoms with Crippen LogP contribution < -0.4 is 43.5 Å². The van der Waals surface area contributed by atoms with Gasteiger partial charge in [0.25, 0.3) is 17.7 Å². The fourth-order valence-electron chi connectivity index (χ4n) is 14.3. The van der Waals surface area contributed by atoms with Gasteiger partial charge in [0.2, 0.25) is 12.6 Å². The van der Waals surface area contributed by atoms with Crippen molar-refractivity contribution in [2.75, 3.05) is 70.6 Å². The maximum Gasteiger partial charge on any atom is 0.416 e. The number of fused-ring (bicyclic) bond motifs is 4. The Morgan fingerprint density at radius 1 is 0.598 bits per heavy atom. The lowest BCUT2D eigenvalue weighted by molar-refractivity contribution is -0.271. The molecule has 3 saturated heterocycles. The summed E-state index contributed by atoms with van der Waals surface area (Å²) in [5.41, 5.74) is 2.79. The SMILES string of the molecule is COCCNC(=O)c1cc(COC(=O)N2c3cc(OCCCOc4cc5c(cc4C)C(=O)N4C=C(c6ccc(OC)cc6)C[C@H]4C(O)N5C(=O)OCc4ccc(O[C@@H]5O[C@H](C(=O)O)[C@@H](O)[C@H](O)[C@H]5O)c(C(=O)CC(C)(C)C)c4)c(C)cc3C(=O)N3CC(c4ccc(OC)cc4)C[C@H]3C2O)ccc1O[C@@H]1OC[C@@H](O)[C@H](O)[C@H]1O. The number of hydrogen-bond acceptors (Lipinski definition) is 26. The Labute approximate surface area is 643 Å². The number of aliphatic hydroxyl groups excluding tert-OH is 8. The first-order valence-corrected chi connectivity index (χ1v) is 36.4. The number of methoxy groups -OCH3 is 3. The highest BCUT2D eigenvalue weighted by molar-refractivity contribution is 6.08. The van der Waals surface area contributed by atoms with E-state index in [4.69, 9.17) is 52.1 Å². The van der Waals surface area contributed by atoms with E-state index in [1.807, 2.05) is 32.9 Å². The average Bonchev–Trinajstić information content (AvgIpc) is 1.60. The number of hydrogen-bond donors (Lipinski definition) is 10. The van der Waals surface area contributed by atoms with Crippen molar-refractivity contribution < 1.29 is 132 Å². The van der Waals surface area contributed by atoms with Gasteiger partial charge >= 0.3 is 18.2 Å². The van der Waals surface area contributed by atoms with Gasteiger partial charge in [-0.1, -0.05) is 57.2 Å². The van der Waals surface area contributed by atoms with Crippen LogP contribution in [0.25, 0.3) is 5.57 Å². The highest BCUT2D eigenvalue weighted by Gasteiger charge is 2.51. The number of ether oxygens (including phenoxy) is 11. The summed E-state index contributed by atoms with van der Waals surface area (Å²) in [4.78, 5) is 104. The highest BCUT2D eigenvalue weighted by Crippen LogP contribution is 2.45. The van der Waals surface area contributed by atoms with Crippen LogP contribution in [0.3, 0.4) is 0 Å². The molecule has 3 unspecified atom stereocenters. The molecule has 10 N–H and O–H groups in total. The van der Waals surface area contributed by atoms with Crippen LogP contribution in [-0.2, 0) is 41.7 Å². The van der Waals surface area contributed by atoms with Crippen LogP contribution in [0.5, 0.6) is 34.5 Å². The molecule has 6 aliphatic heterocycles. The molecular formula is C80H91N5O27. The van der Waals surface area contributed by atoms with Gasteiger partial charge < -0.3 is 113 Å². The number of aliphatic hydroxyl groups is 8. The zero-order valence-electron chi connectivity index (χ0n) is 62.7. The maximum absolute atomic E-state index is 15.0. The standard InChI is InChI=1S/C80H91N5O27/c1-40-26-50-54(84(73(96)56-30-46(35-82(56)71(50)94)44-12-16-48(103-7)17-13-44)78(100)108-37-42-10-20-60(52(28-42)58(86)34-80(3,4)5)111-77-68(92)65(89)66(90)69(112-77)75(98)99)32-62(40)105-23-9-24-106-63-33-55-51(27-41(63)2)72(95)83-36-47(45-14-18-49(104-8)19-15-45)31-57(83)74(97)85(55)79(101)109-38-43-11-21-61(53(29-43)70(93)81-22-25-102-6)110-76-67(91)64(88)59(87)39-107-76/h10-21,26-29,32-33,35,47,56-57,59,64-69,73-74,76-77,87-92,96-97H,9,22-25,30-31,34,36-39H2,1-8H3,(H,81,93)(H,98,99)/t47?,56-,57-,59+,64-,65-,66-,67+,68+,69-,73?,74?,76-,77+/m0/s1. The summed E-state index contributed by atoms with van der Waals surface area (Å²) >= 11 is 0. The van der Waals surface area contributed by atoms with E-state index in [0.717, 1.165) is 15.4 Å². The summed E-state index contributed by atoms with van der Waals surface area (Å²) in [6, 6.07) is 26.7. The first-order valence-electron chi connectivity index (χ1n) is 36.4. The minimum Gasteiger partial charge on any atom is -0.497 e. The molecule has 14 atom stereocenters. The molecule has 12 rings (SSSR count). The van der Waals surface area contributed by atoms with Crippen molar-refractivity contribution in [2.24, 2.45) is 5.41 Å². The number of aryl methyl sites for hydroxylation is 2. The van der Waals surface area contributed by atoms with Gasteiger partial charge in [-0.15, -0.1) is 0 Å². The van der Waals surface area contributed by atoms with Crippen LogP contribution in [0.15, 0.2) is 115 Å². The number of benzene rings is 6. The van der Waals surface area contributed by atoms with Gasteiger partial charge in [0, 0.05) is 57.3 Å². The second-order valence-electron chi connectivity index (χ2n) is 29.4. The molecule has 5 amide bonds. The van der Waals surface area contributed by atoms with E-state index in [1.54, 1.807) is 69.6 Å². The Hall–Kier alpha value is -10.5. The Balaban J connectivity index is 0.793. The van der Waals surface area contributed by atoms with Crippen molar-refractivity contribution in [1.82, 2.24) is 15.1 Å². The summed E-state index contributed by atoms with van der Waals surface area (Å²) in [7, 11) is 4.52. The van der Waals surface area contributed by atoms with Gasteiger partial charge in [-0.25, -0.2) is 24.2 Å². The highest BCUT2D eigenvalue weighted by atomic mass is 16.7. The van der Waals surface area contributed by atoms with Gasteiger partial charge in [0.15, 0.2) is 24.3 Å². The van der Waals surface area contributed by atoms with E-state index >= 15 is 0 Å². The molecule has 0 saturated carbocycles. The third-order valence-electron chi connectivity index (χ3n) is 20.3. The summed E-state index contributed by atoms with van der Waals surface area (Å²) in [6.45, 7) is 7.72. The van der Waals surface area contributed by atoms with E-state index < -0.39 is 140 Å². The van der Waals surface area contributed by atoms with Crippen molar-refractivity contribution in [2.45, 2.75) is 159 Å². The fourth-order valence-corrected chi connectivity index (χ4v) is 14.3. The summed E-state index contributed by atoms with van der Waals surface area (Å²) in [5.74, 6) is -2.80. The molecule has 0 aromatic heterocycles.